The number of hydrogen-bond acceptors (Lipinski definition) is 2. The van der Waals surface area contributed by atoms with Gasteiger partial charge >= 0.3 is 0 Å². The Labute approximate surface area is 127 Å². The Kier molecular flexibility index (Phi) is 8.79. The van der Waals surface area contributed by atoms with Crippen molar-refractivity contribution < 1.29 is 0 Å². The zero-order valence-corrected chi connectivity index (χ0v) is 14.6. The summed E-state index contributed by atoms with van der Waals surface area (Å²) in [7, 11) is 2.36. The van der Waals surface area contributed by atoms with Gasteiger partial charge in [0.25, 0.3) is 0 Å². The van der Waals surface area contributed by atoms with E-state index in [4.69, 9.17) is 0 Å². The maximum atomic E-state index is 3.82. The molecule has 0 heterocycles. The Morgan fingerprint density at radius 2 is 1.85 bits per heavy atom. The lowest BCUT2D eigenvalue weighted by molar-refractivity contribution is 0.0834. The van der Waals surface area contributed by atoms with Crippen molar-refractivity contribution in [1.29, 1.82) is 0 Å². The quantitative estimate of drug-likeness (QED) is 0.672. The molecular formula is C18H38N2. The average molecular weight is 283 g/mol. The Morgan fingerprint density at radius 1 is 1.10 bits per heavy atom. The molecule has 4 unspecified atom stereocenters. The minimum absolute atomic E-state index is 0.715. The standard InChI is InChI=1S/C18H38N2/c1-6-9-15(4)20(5)18-14-16(10-7-2)11-12-17(18)19-13-8-3/h15-19H,6-14H2,1-5H3. The number of rotatable bonds is 9. The molecule has 1 aliphatic carbocycles. The average Bonchev–Trinajstić information content (AvgIpc) is 2.45. The SMILES string of the molecule is CCCNC1CCC(CCC)CC1N(C)C(C)CCC. The summed E-state index contributed by atoms with van der Waals surface area (Å²) in [5, 5.41) is 3.82. The van der Waals surface area contributed by atoms with Crippen LogP contribution >= 0.6 is 0 Å². The van der Waals surface area contributed by atoms with Crippen molar-refractivity contribution in [2.75, 3.05) is 13.6 Å². The molecule has 0 spiro atoms. The molecule has 0 aliphatic heterocycles. The molecule has 0 saturated heterocycles. The van der Waals surface area contributed by atoms with Gasteiger partial charge in [-0.2, -0.15) is 0 Å². The second-order valence-corrected chi connectivity index (χ2v) is 6.90. The van der Waals surface area contributed by atoms with Gasteiger partial charge in [0.1, 0.15) is 0 Å². The van der Waals surface area contributed by atoms with E-state index in [9.17, 15) is 0 Å². The maximum absolute atomic E-state index is 3.82. The van der Waals surface area contributed by atoms with Crippen LogP contribution in [-0.2, 0) is 0 Å². The van der Waals surface area contributed by atoms with E-state index in [1.807, 2.05) is 0 Å². The lowest BCUT2D eigenvalue weighted by Gasteiger charge is -2.44. The molecule has 4 atom stereocenters. The fourth-order valence-electron chi connectivity index (χ4n) is 3.87. The van der Waals surface area contributed by atoms with Crippen LogP contribution in [0.3, 0.4) is 0 Å². The highest BCUT2D eigenvalue weighted by atomic mass is 15.2. The molecule has 1 fully saturated rings. The minimum atomic E-state index is 0.715. The number of nitrogens with zero attached hydrogens (tertiary/aromatic N) is 1. The maximum Gasteiger partial charge on any atom is 0.0251 e. The Morgan fingerprint density at radius 3 is 2.45 bits per heavy atom. The monoisotopic (exact) mass is 282 g/mol. The van der Waals surface area contributed by atoms with E-state index < -0.39 is 0 Å². The van der Waals surface area contributed by atoms with E-state index in [0.717, 1.165) is 18.0 Å². The molecule has 0 aromatic carbocycles. The van der Waals surface area contributed by atoms with Crippen LogP contribution in [-0.4, -0.2) is 36.6 Å². The second-order valence-electron chi connectivity index (χ2n) is 6.90. The third-order valence-electron chi connectivity index (χ3n) is 5.20. The van der Waals surface area contributed by atoms with Crippen LogP contribution in [0.25, 0.3) is 0 Å². The van der Waals surface area contributed by atoms with Crippen LogP contribution in [0.15, 0.2) is 0 Å². The van der Waals surface area contributed by atoms with Gasteiger partial charge in [0.2, 0.25) is 0 Å². The van der Waals surface area contributed by atoms with Gasteiger partial charge in [-0.25, -0.2) is 0 Å². The summed E-state index contributed by atoms with van der Waals surface area (Å²) < 4.78 is 0. The van der Waals surface area contributed by atoms with E-state index in [0.29, 0.717) is 6.04 Å². The highest BCUT2D eigenvalue weighted by Gasteiger charge is 2.33. The Hall–Kier alpha value is -0.0800. The number of nitrogens with one attached hydrogen (secondary N) is 1. The van der Waals surface area contributed by atoms with E-state index in [-0.39, 0.29) is 0 Å². The van der Waals surface area contributed by atoms with Gasteiger partial charge < -0.3 is 5.32 Å². The van der Waals surface area contributed by atoms with Crippen LogP contribution in [0.4, 0.5) is 0 Å². The third kappa shape index (κ3) is 5.37. The zero-order chi connectivity index (χ0) is 15.0. The highest BCUT2D eigenvalue weighted by molar-refractivity contribution is 4.91. The van der Waals surface area contributed by atoms with Crippen LogP contribution in [0, 0.1) is 5.92 Å². The van der Waals surface area contributed by atoms with Gasteiger partial charge in [0.05, 0.1) is 0 Å². The largest absolute Gasteiger partial charge is 0.312 e. The predicted octanol–water partition coefficient (Wildman–Crippen LogP) is 4.44. The smallest absolute Gasteiger partial charge is 0.0251 e. The fourth-order valence-corrected chi connectivity index (χ4v) is 3.87. The summed E-state index contributed by atoms with van der Waals surface area (Å²) in [4.78, 5) is 2.68. The lowest BCUT2D eigenvalue weighted by Crippen LogP contribution is -2.54. The molecule has 0 aromatic rings. The van der Waals surface area contributed by atoms with E-state index in [1.165, 1.54) is 57.9 Å². The van der Waals surface area contributed by atoms with Crippen molar-refractivity contribution in [3.8, 4) is 0 Å². The summed E-state index contributed by atoms with van der Waals surface area (Å²) in [6.07, 6.45) is 10.8. The molecule has 1 aliphatic rings. The molecule has 2 heteroatoms. The molecule has 1 rings (SSSR count). The van der Waals surface area contributed by atoms with Crippen molar-refractivity contribution in [1.82, 2.24) is 10.2 Å². The Balaban J connectivity index is 2.64. The van der Waals surface area contributed by atoms with Crippen LogP contribution < -0.4 is 5.32 Å². The molecule has 1 saturated carbocycles. The van der Waals surface area contributed by atoms with Crippen LogP contribution in [0.5, 0.6) is 0 Å². The highest BCUT2D eigenvalue weighted by Crippen LogP contribution is 2.31. The van der Waals surface area contributed by atoms with E-state index >= 15 is 0 Å². The first-order valence-electron chi connectivity index (χ1n) is 9.09. The normalized spacial score (nSPS) is 28.8. The summed E-state index contributed by atoms with van der Waals surface area (Å²) in [6.45, 7) is 10.5. The first-order chi connectivity index (χ1) is 9.63. The molecule has 0 radical (unpaired) electrons. The van der Waals surface area contributed by atoms with Crippen molar-refractivity contribution in [3.63, 3.8) is 0 Å². The second kappa shape index (κ2) is 9.78. The molecule has 1 N–H and O–H groups in total. The van der Waals surface area contributed by atoms with E-state index in [2.05, 4.69) is 45.0 Å². The molecular weight excluding hydrogens is 244 g/mol. The summed E-state index contributed by atoms with van der Waals surface area (Å²) >= 11 is 0. The van der Waals surface area contributed by atoms with Gasteiger partial charge in [-0.15, -0.1) is 0 Å². The van der Waals surface area contributed by atoms with Gasteiger partial charge in [-0.3, -0.25) is 4.90 Å². The van der Waals surface area contributed by atoms with Crippen LogP contribution in [0.2, 0.25) is 0 Å². The van der Waals surface area contributed by atoms with Crippen molar-refractivity contribution in [2.24, 2.45) is 5.92 Å². The molecule has 0 aromatic heterocycles. The van der Waals surface area contributed by atoms with Gasteiger partial charge in [-0.1, -0.05) is 40.0 Å². The van der Waals surface area contributed by atoms with Crippen molar-refractivity contribution >= 4 is 0 Å². The topological polar surface area (TPSA) is 15.3 Å². The molecule has 0 amide bonds. The molecule has 20 heavy (non-hydrogen) atoms. The number of hydrogen-bond donors (Lipinski definition) is 1. The minimum Gasteiger partial charge on any atom is -0.312 e. The summed E-state index contributed by atoms with van der Waals surface area (Å²) in [5.41, 5.74) is 0. The molecule has 0 bridgehead atoms. The van der Waals surface area contributed by atoms with E-state index in [1.54, 1.807) is 0 Å². The third-order valence-corrected chi connectivity index (χ3v) is 5.20. The summed E-state index contributed by atoms with van der Waals surface area (Å²) in [5.74, 6) is 0.959. The van der Waals surface area contributed by atoms with Crippen molar-refractivity contribution in [2.45, 2.75) is 97.2 Å². The lowest BCUT2D eigenvalue weighted by atomic mass is 9.79. The fraction of sp³-hybridized carbons (Fsp3) is 1.00. The van der Waals surface area contributed by atoms with Gasteiger partial charge in [-0.05, 0) is 58.5 Å². The Bertz CT molecular complexity index is 236. The zero-order valence-electron chi connectivity index (χ0n) is 14.6. The first-order valence-corrected chi connectivity index (χ1v) is 9.09. The van der Waals surface area contributed by atoms with Gasteiger partial charge in [0, 0.05) is 18.1 Å². The number of likely N-dealkylation sites (N-methyl/N-ethyl adjacent to an activating group) is 1. The van der Waals surface area contributed by atoms with Crippen molar-refractivity contribution in [3.05, 3.63) is 0 Å². The molecule has 120 valence electrons. The molecule has 2 nitrogen and oxygen atoms in total. The predicted molar refractivity (Wildman–Crippen MR) is 90.3 cm³/mol. The first kappa shape index (κ1) is 18.0. The van der Waals surface area contributed by atoms with Crippen LogP contribution in [0.1, 0.15) is 79.1 Å². The van der Waals surface area contributed by atoms with Gasteiger partial charge in [0.15, 0.2) is 0 Å². The summed E-state index contributed by atoms with van der Waals surface area (Å²) in [6, 6.07) is 2.18.